The molecule has 8 nitrogen and oxygen atoms in total. The zero-order valence-corrected chi connectivity index (χ0v) is 20.7. The molecule has 1 amide bonds. The number of allylic oxidation sites excluding steroid dienone is 2. The molecule has 0 aromatic heterocycles. The van der Waals surface area contributed by atoms with Crippen molar-refractivity contribution < 1.29 is 14.3 Å². The van der Waals surface area contributed by atoms with Crippen LogP contribution in [0.2, 0.25) is 0 Å². The number of ether oxygens (including phenoxy) is 2. The van der Waals surface area contributed by atoms with Gasteiger partial charge < -0.3 is 20.1 Å². The van der Waals surface area contributed by atoms with Gasteiger partial charge >= 0.3 is 6.09 Å². The van der Waals surface area contributed by atoms with Crippen LogP contribution in [-0.4, -0.2) is 30.2 Å². The molecule has 1 aliphatic carbocycles. The van der Waals surface area contributed by atoms with Crippen LogP contribution in [0.25, 0.3) is 0 Å². The molecule has 0 saturated heterocycles. The quantitative estimate of drug-likeness (QED) is 0.646. The average Bonchev–Trinajstić information content (AvgIpc) is 2.92. The highest BCUT2D eigenvalue weighted by Gasteiger charge is 2.54. The summed E-state index contributed by atoms with van der Waals surface area (Å²) in [5.74, 6) is -0.583. The number of nitrogens with two attached hydrogens (primary N) is 1. The largest absolute Gasteiger partial charge is 0.491 e. The molecule has 2 aromatic carbocycles. The van der Waals surface area contributed by atoms with Gasteiger partial charge in [-0.25, -0.2) is 4.79 Å². The fraction of sp³-hybridized carbons (Fsp3) is 0.310. The summed E-state index contributed by atoms with van der Waals surface area (Å²) in [7, 11) is 0. The van der Waals surface area contributed by atoms with Crippen molar-refractivity contribution in [2.75, 3.05) is 13.1 Å². The highest BCUT2D eigenvalue weighted by Crippen LogP contribution is 2.54. The lowest BCUT2D eigenvalue weighted by molar-refractivity contribution is 0.0898. The van der Waals surface area contributed by atoms with Crippen LogP contribution in [0.1, 0.15) is 30.9 Å². The van der Waals surface area contributed by atoms with Gasteiger partial charge in [-0.05, 0) is 42.7 Å². The first-order valence-electron chi connectivity index (χ1n) is 12.0. The third kappa shape index (κ3) is 4.73. The number of amides is 1. The summed E-state index contributed by atoms with van der Waals surface area (Å²) in [6, 6.07) is 22.9. The van der Waals surface area contributed by atoms with Gasteiger partial charge in [0.25, 0.3) is 0 Å². The number of carbonyl (C=O) groups excluding carboxylic acids is 1. The van der Waals surface area contributed by atoms with Gasteiger partial charge in [-0.3, -0.25) is 0 Å². The zero-order valence-electron chi connectivity index (χ0n) is 20.7. The molecule has 2 N–H and O–H groups in total. The van der Waals surface area contributed by atoms with Gasteiger partial charge in [-0.2, -0.15) is 15.8 Å². The molecule has 1 heterocycles. The van der Waals surface area contributed by atoms with Crippen LogP contribution in [0.3, 0.4) is 0 Å². The summed E-state index contributed by atoms with van der Waals surface area (Å²) in [5, 5.41) is 30.4. The summed E-state index contributed by atoms with van der Waals surface area (Å²) < 4.78 is 11.3. The molecule has 8 heteroatoms. The molecule has 37 heavy (non-hydrogen) atoms. The minimum Gasteiger partial charge on any atom is -0.491 e. The molecule has 1 aliphatic heterocycles. The second kappa shape index (κ2) is 10.5. The van der Waals surface area contributed by atoms with Gasteiger partial charge in [0, 0.05) is 24.9 Å². The van der Waals surface area contributed by atoms with Crippen LogP contribution in [0, 0.1) is 45.3 Å². The van der Waals surface area contributed by atoms with E-state index in [1.54, 1.807) is 30.3 Å². The lowest BCUT2D eigenvalue weighted by Crippen LogP contribution is -2.49. The predicted molar refractivity (Wildman–Crippen MR) is 135 cm³/mol. The Kier molecular flexibility index (Phi) is 7.18. The predicted octanol–water partition coefficient (Wildman–Crippen LogP) is 4.54. The Labute approximate surface area is 216 Å². The van der Waals surface area contributed by atoms with Gasteiger partial charge in [-0.15, -0.1) is 0 Å². The molecular weight excluding hydrogens is 466 g/mol. The number of hydrogen-bond acceptors (Lipinski definition) is 7. The Morgan fingerprint density at radius 2 is 1.78 bits per heavy atom. The first-order valence-corrected chi connectivity index (χ1v) is 12.0. The van der Waals surface area contributed by atoms with E-state index in [2.05, 4.69) is 18.2 Å². The molecule has 186 valence electrons. The summed E-state index contributed by atoms with van der Waals surface area (Å²) in [5.41, 5.74) is 6.84. The number of rotatable bonds is 5. The van der Waals surface area contributed by atoms with Crippen molar-refractivity contribution in [3.63, 3.8) is 0 Å². The molecule has 0 unspecified atom stereocenters. The van der Waals surface area contributed by atoms with Gasteiger partial charge in [-0.1, -0.05) is 48.5 Å². The average molecular weight is 494 g/mol. The first kappa shape index (κ1) is 25.4. The molecule has 0 bridgehead atoms. The van der Waals surface area contributed by atoms with Crippen LogP contribution < -0.4 is 10.5 Å². The summed E-state index contributed by atoms with van der Waals surface area (Å²) in [6.45, 7) is 4.35. The van der Waals surface area contributed by atoms with Gasteiger partial charge in [0.15, 0.2) is 5.41 Å². The number of fused-ring (bicyclic) bond motifs is 1. The molecular formula is C29H27N5O3. The smallest absolute Gasteiger partial charge is 0.410 e. The van der Waals surface area contributed by atoms with Gasteiger partial charge in [0.05, 0.1) is 29.5 Å². The van der Waals surface area contributed by atoms with E-state index < -0.39 is 23.3 Å². The Hall–Kier alpha value is -4.74. The van der Waals surface area contributed by atoms with E-state index in [-0.39, 0.29) is 37.1 Å². The lowest BCUT2D eigenvalue weighted by atomic mass is 9.58. The van der Waals surface area contributed by atoms with Crippen LogP contribution in [0.4, 0.5) is 4.79 Å². The zero-order chi connectivity index (χ0) is 26.6. The van der Waals surface area contributed by atoms with Crippen molar-refractivity contribution in [1.82, 2.24) is 4.90 Å². The maximum atomic E-state index is 13.0. The van der Waals surface area contributed by atoms with E-state index in [4.69, 9.17) is 15.2 Å². The van der Waals surface area contributed by atoms with Crippen molar-refractivity contribution in [2.45, 2.75) is 32.5 Å². The van der Waals surface area contributed by atoms with Crippen molar-refractivity contribution in [3.8, 4) is 24.0 Å². The Balaban J connectivity index is 1.71. The van der Waals surface area contributed by atoms with Crippen LogP contribution in [0.15, 0.2) is 77.5 Å². The molecule has 2 atom stereocenters. The molecule has 4 rings (SSSR count). The van der Waals surface area contributed by atoms with Gasteiger partial charge in [0.2, 0.25) is 0 Å². The third-order valence-electron chi connectivity index (χ3n) is 6.74. The molecule has 2 aliphatic rings. The standard InChI is InChI=1S/C29H27N5O3/c1-19(2)37-22-10-8-21(9-11-22)26-25-15-34(28(35)36-16-20-6-4-3-5-7-20)13-12-23(25)24(14-30)27(33)29(26,17-31)18-32/h3-12,19,25-26H,13,15-16,33H2,1-2H3/t25-,26-/m0/s1. The maximum Gasteiger partial charge on any atom is 0.410 e. The molecule has 0 saturated carbocycles. The van der Waals surface area contributed by atoms with E-state index in [1.165, 1.54) is 4.90 Å². The maximum absolute atomic E-state index is 13.0. The second-order valence-corrected chi connectivity index (χ2v) is 9.36. The van der Waals surface area contributed by atoms with Crippen LogP contribution >= 0.6 is 0 Å². The monoisotopic (exact) mass is 493 g/mol. The molecule has 0 radical (unpaired) electrons. The van der Waals surface area contributed by atoms with E-state index in [0.29, 0.717) is 16.9 Å². The van der Waals surface area contributed by atoms with E-state index in [9.17, 15) is 20.6 Å². The Morgan fingerprint density at radius 3 is 2.38 bits per heavy atom. The highest BCUT2D eigenvalue weighted by molar-refractivity contribution is 5.69. The lowest BCUT2D eigenvalue weighted by Gasteiger charge is -2.45. The minimum absolute atomic E-state index is 0.0158. The van der Waals surface area contributed by atoms with Crippen molar-refractivity contribution in [1.29, 1.82) is 15.8 Å². The normalized spacial score (nSPS) is 20.1. The summed E-state index contributed by atoms with van der Waals surface area (Å²) in [6.07, 6.45) is 1.24. The number of benzene rings is 2. The number of nitriles is 3. The summed E-state index contributed by atoms with van der Waals surface area (Å²) >= 11 is 0. The van der Waals surface area contributed by atoms with Crippen molar-refractivity contribution in [3.05, 3.63) is 88.6 Å². The topological polar surface area (TPSA) is 136 Å². The van der Waals surface area contributed by atoms with E-state index >= 15 is 0 Å². The molecule has 2 aromatic rings. The first-order chi connectivity index (χ1) is 17.8. The molecule has 0 spiro atoms. The summed E-state index contributed by atoms with van der Waals surface area (Å²) in [4.78, 5) is 14.5. The fourth-order valence-electron chi connectivity index (χ4n) is 5.04. The van der Waals surface area contributed by atoms with Crippen molar-refractivity contribution >= 4 is 6.09 Å². The minimum atomic E-state index is -1.79. The Bertz CT molecular complexity index is 1340. The van der Waals surface area contributed by atoms with Gasteiger partial charge in [0.1, 0.15) is 18.4 Å². The van der Waals surface area contributed by atoms with Crippen LogP contribution in [0.5, 0.6) is 5.75 Å². The van der Waals surface area contributed by atoms with Crippen molar-refractivity contribution in [2.24, 2.45) is 17.1 Å². The molecule has 0 fully saturated rings. The van der Waals surface area contributed by atoms with E-state index in [1.807, 2.05) is 44.2 Å². The number of nitrogens with zero attached hydrogens (tertiary/aromatic N) is 4. The van der Waals surface area contributed by atoms with Crippen LogP contribution in [-0.2, 0) is 11.3 Å². The SMILES string of the molecule is CC(C)Oc1ccc([C@H]2[C@H]3CN(C(=O)OCc4ccccc4)CC=C3C(C#N)=C(N)C2(C#N)C#N)cc1. The second-order valence-electron chi connectivity index (χ2n) is 9.36. The Morgan fingerprint density at radius 1 is 1.11 bits per heavy atom. The van der Waals surface area contributed by atoms with E-state index in [0.717, 1.165) is 5.56 Å². The number of hydrogen-bond donors (Lipinski definition) is 1. The highest BCUT2D eigenvalue weighted by atomic mass is 16.6. The fourth-order valence-corrected chi connectivity index (χ4v) is 5.04. The number of carbonyl (C=O) groups is 1. The third-order valence-corrected chi connectivity index (χ3v) is 6.74.